The van der Waals surface area contributed by atoms with Crippen molar-refractivity contribution in [3.8, 4) is 0 Å². The van der Waals surface area contributed by atoms with Gasteiger partial charge in [0, 0.05) is 6.04 Å². The summed E-state index contributed by atoms with van der Waals surface area (Å²) in [6.45, 7) is 2.39. The lowest BCUT2D eigenvalue weighted by atomic mass is 10.1. The highest BCUT2D eigenvalue weighted by Gasteiger charge is 2.22. The van der Waals surface area contributed by atoms with Crippen LogP contribution in [-0.4, -0.2) is 6.04 Å². The predicted molar refractivity (Wildman–Crippen MR) is 95.2 cm³/mol. The number of benzene rings is 1. The molecule has 0 aliphatic carbocycles. The second-order valence-corrected chi connectivity index (χ2v) is 5.91. The molecule has 0 bridgehead atoms. The second kappa shape index (κ2) is 7.17. The normalized spacial score (nSPS) is 12.2. The molecule has 0 amide bonds. The van der Waals surface area contributed by atoms with Gasteiger partial charge in [-0.15, -0.1) is 0 Å². The number of hydrogen-bond acceptors (Lipinski definition) is 5. The molecule has 2 aromatic carbocycles. The molecular formula is C19H20N2O3. The first-order valence-corrected chi connectivity index (χ1v) is 8.05. The number of furan rings is 1. The van der Waals surface area contributed by atoms with Crippen LogP contribution in [0.15, 0.2) is 62.7 Å². The maximum atomic E-state index is 11.8. The van der Waals surface area contributed by atoms with Crippen LogP contribution in [0.3, 0.4) is 0 Å². The molecule has 0 aliphatic heterocycles. The van der Waals surface area contributed by atoms with Crippen molar-refractivity contribution in [1.29, 1.82) is 0 Å². The van der Waals surface area contributed by atoms with Crippen LogP contribution in [0.4, 0.5) is 11.4 Å². The van der Waals surface area contributed by atoms with E-state index in [1.165, 1.54) is 5.56 Å². The van der Waals surface area contributed by atoms with Crippen molar-refractivity contribution in [3.05, 3.63) is 80.5 Å². The molecule has 3 rings (SSSR count). The van der Waals surface area contributed by atoms with Gasteiger partial charge in [0.2, 0.25) is 0 Å². The minimum Gasteiger partial charge on any atom is -0.467 e. The van der Waals surface area contributed by atoms with E-state index in [0.29, 0.717) is 23.7 Å². The third-order valence-electron chi connectivity index (χ3n) is 4.03. The first-order valence-electron chi connectivity index (χ1n) is 8.05. The molecule has 0 spiro atoms. The molecule has 0 saturated heterocycles. The number of aryl methyl sites for hydroxylation is 1. The Hall–Kier alpha value is -2.82. The smallest absolute Gasteiger partial charge is 0.253 e. The van der Waals surface area contributed by atoms with E-state index in [-0.39, 0.29) is 6.04 Å². The predicted octanol–water partition coefficient (Wildman–Crippen LogP) is 2.92. The van der Waals surface area contributed by atoms with E-state index in [0.717, 1.165) is 12.8 Å². The molecule has 0 radical (unpaired) electrons. The Morgan fingerprint density at radius 1 is 1.00 bits per heavy atom. The highest BCUT2D eigenvalue weighted by atomic mass is 16.3. The molecule has 5 nitrogen and oxygen atoms in total. The van der Waals surface area contributed by atoms with Gasteiger partial charge in [-0.25, -0.2) is 0 Å². The van der Waals surface area contributed by atoms with Gasteiger partial charge >= 0.3 is 0 Å². The van der Waals surface area contributed by atoms with Crippen molar-refractivity contribution in [2.24, 2.45) is 0 Å². The molecule has 0 aliphatic rings. The van der Waals surface area contributed by atoms with Crippen LogP contribution in [0.1, 0.15) is 24.7 Å². The van der Waals surface area contributed by atoms with E-state index in [1.54, 1.807) is 12.3 Å². The van der Waals surface area contributed by atoms with Crippen molar-refractivity contribution < 1.29 is 4.42 Å². The Morgan fingerprint density at radius 2 is 1.75 bits per heavy atom. The monoisotopic (exact) mass is 324 g/mol. The van der Waals surface area contributed by atoms with Gasteiger partial charge in [-0.05, 0) is 37.5 Å². The van der Waals surface area contributed by atoms with Gasteiger partial charge in [-0.2, -0.15) is 0 Å². The van der Waals surface area contributed by atoms with Crippen molar-refractivity contribution in [2.75, 3.05) is 10.6 Å². The number of rotatable bonds is 8. The molecule has 1 atom stereocenters. The van der Waals surface area contributed by atoms with Gasteiger partial charge in [0.15, 0.2) is 0 Å². The molecular weight excluding hydrogens is 304 g/mol. The van der Waals surface area contributed by atoms with Gasteiger partial charge in [0.25, 0.3) is 10.9 Å². The summed E-state index contributed by atoms with van der Waals surface area (Å²) in [6.07, 6.45) is 3.37. The maximum Gasteiger partial charge on any atom is 0.253 e. The number of anilines is 2. The fourth-order valence-corrected chi connectivity index (χ4v) is 2.63. The van der Waals surface area contributed by atoms with Gasteiger partial charge < -0.3 is 15.1 Å². The topological polar surface area (TPSA) is 71.3 Å². The minimum atomic E-state index is -0.473. The van der Waals surface area contributed by atoms with Crippen molar-refractivity contribution >= 4 is 11.4 Å². The average molecular weight is 324 g/mol. The average Bonchev–Trinajstić information content (AvgIpc) is 3.13. The molecule has 1 aromatic heterocycles. The van der Waals surface area contributed by atoms with Crippen molar-refractivity contribution in [3.63, 3.8) is 0 Å². The maximum absolute atomic E-state index is 11.8. The summed E-state index contributed by atoms with van der Waals surface area (Å²) in [6, 6.07) is 13.9. The van der Waals surface area contributed by atoms with E-state index >= 15 is 0 Å². The quantitative estimate of drug-likeness (QED) is 0.623. The molecule has 3 aromatic rings. The lowest BCUT2D eigenvalue weighted by molar-refractivity contribution is 0.518. The van der Waals surface area contributed by atoms with Crippen LogP contribution < -0.4 is 21.5 Å². The standard InChI is InChI=1S/C19H20N2O3/c1-13(9-10-14-6-3-2-4-7-14)21-17-16(18(22)19(17)23)20-12-15-8-5-11-24-15/h2-8,11,13,20-21H,9-10,12H2,1H3/t13-/m0/s1. The zero-order valence-corrected chi connectivity index (χ0v) is 13.5. The summed E-state index contributed by atoms with van der Waals surface area (Å²) in [7, 11) is 0. The summed E-state index contributed by atoms with van der Waals surface area (Å²) >= 11 is 0. The molecule has 0 saturated carbocycles. The first kappa shape index (κ1) is 16.1. The Kier molecular flexibility index (Phi) is 4.79. The molecule has 0 unspecified atom stereocenters. The van der Waals surface area contributed by atoms with Crippen LogP contribution in [-0.2, 0) is 13.0 Å². The highest BCUT2D eigenvalue weighted by molar-refractivity contribution is 5.74. The summed E-state index contributed by atoms with van der Waals surface area (Å²) in [4.78, 5) is 23.6. The first-order chi connectivity index (χ1) is 11.6. The highest BCUT2D eigenvalue weighted by Crippen LogP contribution is 2.18. The Bertz CT molecular complexity index is 847. The molecule has 24 heavy (non-hydrogen) atoms. The van der Waals surface area contributed by atoms with Crippen LogP contribution in [0.2, 0.25) is 0 Å². The zero-order valence-electron chi connectivity index (χ0n) is 13.5. The lowest BCUT2D eigenvalue weighted by Gasteiger charge is -2.19. The summed E-state index contributed by atoms with van der Waals surface area (Å²) in [5, 5.41) is 6.15. The number of hydrogen-bond donors (Lipinski definition) is 2. The van der Waals surface area contributed by atoms with Gasteiger partial charge in [0.1, 0.15) is 17.1 Å². The Morgan fingerprint density at radius 3 is 2.46 bits per heavy atom. The van der Waals surface area contributed by atoms with Crippen molar-refractivity contribution in [1.82, 2.24) is 0 Å². The van der Waals surface area contributed by atoms with Crippen LogP contribution >= 0.6 is 0 Å². The molecule has 0 fully saturated rings. The van der Waals surface area contributed by atoms with Gasteiger partial charge in [-0.3, -0.25) is 9.59 Å². The van der Waals surface area contributed by atoms with Crippen LogP contribution in [0.5, 0.6) is 0 Å². The summed E-state index contributed by atoms with van der Waals surface area (Å²) < 4.78 is 5.22. The van der Waals surface area contributed by atoms with Crippen molar-refractivity contribution in [2.45, 2.75) is 32.4 Å². The minimum absolute atomic E-state index is 0.0951. The van der Waals surface area contributed by atoms with E-state index in [9.17, 15) is 9.59 Å². The third kappa shape index (κ3) is 3.56. The van der Waals surface area contributed by atoms with Gasteiger partial charge in [0.05, 0.1) is 12.8 Å². The van der Waals surface area contributed by atoms with Gasteiger partial charge in [-0.1, -0.05) is 30.3 Å². The van der Waals surface area contributed by atoms with Crippen LogP contribution in [0, 0.1) is 0 Å². The fraction of sp³-hybridized carbons (Fsp3) is 0.263. The van der Waals surface area contributed by atoms with Crippen LogP contribution in [0.25, 0.3) is 0 Å². The number of nitrogens with one attached hydrogen (secondary N) is 2. The summed E-state index contributed by atoms with van der Waals surface area (Å²) in [5.74, 6) is 0.714. The molecule has 2 N–H and O–H groups in total. The van der Waals surface area contributed by atoms with E-state index in [2.05, 4.69) is 22.8 Å². The molecule has 5 heteroatoms. The van der Waals surface area contributed by atoms with E-state index < -0.39 is 10.9 Å². The third-order valence-corrected chi connectivity index (χ3v) is 4.03. The Balaban J connectivity index is 1.57. The SMILES string of the molecule is C[C@@H](CCc1ccccc1)Nc1c(NCc2ccco2)c(=O)c1=O. The zero-order chi connectivity index (χ0) is 16.9. The van der Waals surface area contributed by atoms with E-state index in [4.69, 9.17) is 4.42 Å². The lowest BCUT2D eigenvalue weighted by Crippen LogP contribution is -2.39. The second-order valence-electron chi connectivity index (χ2n) is 5.91. The molecule has 1 heterocycles. The Labute approximate surface area is 140 Å². The largest absolute Gasteiger partial charge is 0.467 e. The fourth-order valence-electron chi connectivity index (χ4n) is 2.63. The van der Waals surface area contributed by atoms with E-state index in [1.807, 2.05) is 31.2 Å². The summed E-state index contributed by atoms with van der Waals surface area (Å²) in [5.41, 5.74) is 1.06. The molecule has 124 valence electrons.